The molecule has 0 fully saturated rings. The van der Waals surface area contributed by atoms with Crippen molar-refractivity contribution in [2.24, 2.45) is 0 Å². The Balaban J connectivity index is 2.14. The predicted octanol–water partition coefficient (Wildman–Crippen LogP) is 3.48. The summed E-state index contributed by atoms with van der Waals surface area (Å²) in [6, 6.07) is 4.30. The summed E-state index contributed by atoms with van der Waals surface area (Å²) in [5.41, 5.74) is 1.31. The van der Waals surface area contributed by atoms with Crippen LogP contribution in [0, 0.1) is 0 Å². The maximum Gasteiger partial charge on any atom is 0.408 e. The van der Waals surface area contributed by atoms with Crippen LogP contribution in [0.5, 0.6) is 0 Å². The molecule has 0 aliphatic rings. The molecule has 0 saturated heterocycles. The highest BCUT2D eigenvalue weighted by molar-refractivity contribution is 6.29. The van der Waals surface area contributed by atoms with Gasteiger partial charge in [-0.15, -0.1) is 0 Å². The van der Waals surface area contributed by atoms with Gasteiger partial charge in [0.2, 0.25) is 0 Å². The van der Waals surface area contributed by atoms with Gasteiger partial charge in [-0.3, -0.25) is 9.78 Å². The number of nitrogens with zero attached hydrogens (tertiary/aromatic N) is 2. The van der Waals surface area contributed by atoms with Gasteiger partial charge in [0.1, 0.15) is 16.9 Å². The molecule has 0 aliphatic carbocycles. The first kappa shape index (κ1) is 16.2. The van der Waals surface area contributed by atoms with E-state index in [1.165, 1.54) is 18.5 Å². The Labute approximate surface area is 129 Å². The number of carbonyl (C=O) groups is 1. The molecule has 1 N–H and O–H groups in total. The van der Waals surface area contributed by atoms with E-state index in [9.17, 15) is 18.0 Å². The van der Waals surface area contributed by atoms with Crippen molar-refractivity contribution in [2.75, 3.05) is 0 Å². The van der Waals surface area contributed by atoms with Crippen molar-refractivity contribution in [3.63, 3.8) is 0 Å². The summed E-state index contributed by atoms with van der Waals surface area (Å²) < 4.78 is 37.2. The zero-order chi connectivity index (χ0) is 16.3. The van der Waals surface area contributed by atoms with Gasteiger partial charge in [-0.1, -0.05) is 17.7 Å². The molecule has 0 bridgehead atoms. The number of hydrogen-bond donors (Lipinski definition) is 1. The van der Waals surface area contributed by atoms with Crippen LogP contribution in [0.1, 0.15) is 17.4 Å². The van der Waals surface area contributed by atoms with E-state index in [0.29, 0.717) is 10.7 Å². The van der Waals surface area contributed by atoms with Gasteiger partial charge in [-0.25, -0.2) is 4.98 Å². The van der Waals surface area contributed by atoms with E-state index in [4.69, 9.17) is 11.6 Å². The molecular weight excluding hydrogens is 319 g/mol. The minimum Gasteiger partial charge on any atom is -0.339 e. The number of amides is 1. The highest BCUT2D eigenvalue weighted by Gasteiger charge is 2.37. The number of rotatable bonds is 3. The van der Waals surface area contributed by atoms with Crippen molar-refractivity contribution >= 4 is 17.5 Å². The van der Waals surface area contributed by atoms with Crippen LogP contribution in [0.2, 0.25) is 5.15 Å². The summed E-state index contributed by atoms with van der Waals surface area (Å²) in [6.07, 6.45) is -1.59. The number of nitrogens with one attached hydrogen (secondary N) is 1. The molecule has 2 heterocycles. The van der Waals surface area contributed by atoms with E-state index >= 15 is 0 Å². The molecule has 0 unspecified atom stereocenters. The Morgan fingerprint density at radius 1 is 1.23 bits per heavy atom. The first-order valence-electron chi connectivity index (χ1n) is 6.23. The number of pyridine rings is 2. The summed E-state index contributed by atoms with van der Waals surface area (Å²) in [6.45, 7) is 0.866. The number of carbonyl (C=O) groups excluding carboxylic acids is 1. The Hall–Kier alpha value is -2.15. The van der Waals surface area contributed by atoms with Crippen molar-refractivity contribution in [2.45, 2.75) is 19.1 Å². The Bertz CT molecular complexity index is 674. The van der Waals surface area contributed by atoms with Crippen molar-refractivity contribution in [3.05, 3.63) is 47.5 Å². The van der Waals surface area contributed by atoms with E-state index in [2.05, 4.69) is 9.97 Å². The minimum atomic E-state index is -4.50. The van der Waals surface area contributed by atoms with Crippen LogP contribution in [0.25, 0.3) is 11.1 Å². The molecule has 0 aliphatic heterocycles. The Kier molecular flexibility index (Phi) is 4.65. The monoisotopic (exact) mass is 329 g/mol. The van der Waals surface area contributed by atoms with Gasteiger partial charge in [-0.2, -0.15) is 13.2 Å². The van der Waals surface area contributed by atoms with Crippen LogP contribution in [-0.2, 0) is 0 Å². The van der Waals surface area contributed by atoms with Crippen LogP contribution < -0.4 is 5.32 Å². The largest absolute Gasteiger partial charge is 0.408 e. The lowest BCUT2D eigenvalue weighted by molar-refractivity contribution is -0.149. The lowest BCUT2D eigenvalue weighted by atomic mass is 10.1. The molecule has 8 heteroatoms. The average molecular weight is 330 g/mol. The maximum absolute atomic E-state index is 12.4. The SMILES string of the molecule is C[C@H](NC(=O)c1ccc(-c2ccnc(Cl)c2)cn1)C(F)(F)F. The van der Waals surface area contributed by atoms with E-state index < -0.39 is 18.1 Å². The first-order chi connectivity index (χ1) is 10.3. The zero-order valence-electron chi connectivity index (χ0n) is 11.4. The summed E-state index contributed by atoms with van der Waals surface area (Å²) >= 11 is 5.77. The van der Waals surface area contributed by atoms with Crippen molar-refractivity contribution in [1.82, 2.24) is 15.3 Å². The van der Waals surface area contributed by atoms with E-state index in [1.807, 2.05) is 5.32 Å². The summed E-state index contributed by atoms with van der Waals surface area (Å²) in [4.78, 5) is 19.4. The molecule has 4 nitrogen and oxygen atoms in total. The average Bonchev–Trinajstić information content (AvgIpc) is 2.46. The second kappa shape index (κ2) is 6.31. The lowest BCUT2D eigenvalue weighted by Crippen LogP contribution is -2.43. The Morgan fingerprint density at radius 3 is 2.50 bits per heavy atom. The molecule has 1 amide bonds. The number of hydrogen-bond acceptors (Lipinski definition) is 3. The molecule has 22 heavy (non-hydrogen) atoms. The molecule has 0 aromatic carbocycles. The van der Waals surface area contributed by atoms with Crippen LogP contribution in [0.3, 0.4) is 0 Å². The van der Waals surface area contributed by atoms with Gasteiger partial charge in [0, 0.05) is 18.0 Å². The van der Waals surface area contributed by atoms with Crippen molar-refractivity contribution < 1.29 is 18.0 Å². The topological polar surface area (TPSA) is 54.9 Å². The molecule has 2 aromatic heterocycles. The second-order valence-electron chi connectivity index (χ2n) is 4.54. The quantitative estimate of drug-likeness (QED) is 0.877. The van der Waals surface area contributed by atoms with Crippen LogP contribution in [0.15, 0.2) is 36.7 Å². The fourth-order valence-corrected chi connectivity index (χ4v) is 1.81. The summed E-state index contributed by atoms with van der Waals surface area (Å²) in [7, 11) is 0. The van der Waals surface area contributed by atoms with Crippen molar-refractivity contribution in [3.8, 4) is 11.1 Å². The third-order valence-corrected chi connectivity index (χ3v) is 3.10. The molecule has 116 valence electrons. The van der Waals surface area contributed by atoms with E-state index in [0.717, 1.165) is 12.5 Å². The highest BCUT2D eigenvalue weighted by atomic mass is 35.5. The molecular formula is C14H11ClF3N3O. The molecule has 2 rings (SSSR count). The molecule has 0 saturated carbocycles. The van der Waals surface area contributed by atoms with Gasteiger partial charge in [0.05, 0.1) is 0 Å². The van der Waals surface area contributed by atoms with Gasteiger partial charge < -0.3 is 5.32 Å². The van der Waals surface area contributed by atoms with Gasteiger partial charge in [-0.05, 0) is 30.7 Å². The number of halogens is 4. The molecule has 0 spiro atoms. The van der Waals surface area contributed by atoms with Gasteiger partial charge >= 0.3 is 6.18 Å². The summed E-state index contributed by atoms with van der Waals surface area (Å²) in [5, 5.41) is 2.15. The van der Waals surface area contributed by atoms with E-state index in [1.54, 1.807) is 18.2 Å². The minimum absolute atomic E-state index is 0.0972. The number of aromatic nitrogens is 2. The second-order valence-corrected chi connectivity index (χ2v) is 4.92. The fourth-order valence-electron chi connectivity index (χ4n) is 1.63. The standard InChI is InChI=1S/C14H11ClF3N3O/c1-8(14(16,17)18)21-13(22)11-3-2-10(7-20-11)9-4-5-19-12(15)6-9/h2-8H,1H3,(H,21,22)/t8-/m0/s1. The van der Waals surface area contributed by atoms with Crippen LogP contribution >= 0.6 is 11.6 Å². The molecule has 1 atom stereocenters. The Morgan fingerprint density at radius 2 is 1.95 bits per heavy atom. The predicted molar refractivity (Wildman–Crippen MR) is 75.5 cm³/mol. The molecule has 0 radical (unpaired) electrons. The molecule has 2 aromatic rings. The third kappa shape index (κ3) is 3.94. The smallest absolute Gasteiger partial charge is 0.339 e. The van der Waals surface area contributed by atoms with Crippen LogP contribution in [0.4, 0.5) is 13.2 Å². The van der Waals surface area contributed by atoms with Gasteiger partial charge in [0.15, 0.2) is 0 Å². The van der Waals surface area contributed by atoms with Crippen molar-refractivity contribution in [1.29, 1.82) is 0 Å². The van der Waals surface area contributed by atoms with E-state index in [-0.39, 0.29) is 5.69 Å². The fraction of sp³-hybridized carbons (Fsp3) is 0.214. The normalized spacial score (nSPS) is 12.8. The lowest BCUT2D eigenvalue weighted by Gasteiger charge is -2.16. The van der Waals surface area contributed by atoms with Crippen LogP contribution in [-0.4, -0.2) is 28.1 Å². The summed E-state index contributed by atoms with van der Waals surface area (Å²) in [5.74, 6) is -0.885. The zero-order valence-corrected chi connectivity index (χ0v) is 12.1. The maximum atomic E-state index is 12.4. The van der Waals surface area contributed by atoms with Gasteiger partial charge in [0.25, 0.3) is 5.91 Å². The highest BCUT2D eigenvalue weighted by Crippen LogP contribution is 2.21. The number of alkyl halides is 3. The first-order valence-corrected chi connectivity index (χ1v) is 6.61. The third-order valence-electron chi connectivity index (χ3n) is 2.89.